The fourth-order valence-electron chi connectivity index (χ4n) is 2.38. The molecule has 1 aliphatic rings. The lowest BCUT2D eigenvalue weighted by Gasteiger charge is -2.27. The number of rotatable bonds is 5. The van der Waals surface area contributed by atoms with Gasteiger partial charge in [-0.1, -0.05) is 34.1 Å². The first kappa shape index (κ1) is 15.0. The lowest BCUT2D eigenvalue weighted by molar-refractivity contribution is -0.0682. The van der Waals surface area contributed by atoms with Crippen molar-refractivity contribution in [3.05, 3.63) is 34.3 Å². The fraction of sp³-hybridized carbons (Fsp3) is 0.600. The Kier molecular flexibility index (Phi) is 5.82. The Morgan fingerprint density at radius 1 is 1.42 bits per heavy atom. The summed E-state index contributed by atoms with van der Waals surface area (Å²) in [5.41, 5.74) is 7.17. The second kappa shape index (κ2) is 7.39. The van der Waals surface area contributed by atoms with Gasteiger partial charge in [0.25, 0.3) is 0 Å². The van der Waals surface area contributed by atoms with Gasteiger partial charge >= 0.3 is 0 Å². The zero-order chi connectivity index (χ0) is 13.7. The molecule has 4 heteroatoms. The number of ether oxygens (including phenoxy) is 2. The predicted octanol–water partition coefficient (Wildman–Crippen LogP) is 3.42. The van der Waals surface area contributed by atoms with Crippen LogP contribution in [0, 0.1) is 0 Å². The molecule has 0 spiro atoms. The van der Waals surface area contributed by atoms with Crippen molar-refractivity contribution in [1.29, 1.82) is 0 Å². The molecule has 3 unspecified atom stereocenters. The van der Waals surface area contributed by atoms with Gasteiger partial charge in [-0.2, -0.15) is 0 Å². The van der Waals surface area contributed by atoms with Crippen LogP contribution in [0.15, 0.2) is 28.7 Å². The van der Waals surface area contributed by atoms with Gasteiger partial charge in [-0.15, -0.1) is 0 Å². The van der Waals surface area contributed by atoms with E-state index in [0.717, 1.165) is 29.5 Å². The Balaban J connectivity index is 1.98. The molecule has 0 saturated carbocycles. The van der Waals surface area contributed by atoms with Crippen molar-refractivity contribution in [3.8, 4) is 0 Å². The molecule has 1 fully saturated rings. The van der Waals surface area contributed by atoms with Gasteiger partial charge in [0.15, 0.2) is 0 Å². The van der Waals surface area contributed by atoms with Crippen LogP contribution in [-0.4, -0.2) is 25.4 Å². The Labute approximate surface area is 123 Å². The molecule has 0 radical (unpaired) electrons. The summed E-state index contributed by atoms with van der Waals surface area (Å²) in [6, 6.07) is 8.03. The van der Waals surface area contributed by atoms with Crippen molar-refractivity contribution >= 4 is 15.9 Å². The van der Waals surface area contributed by atoms with E-state index in [0.29, 0.717) is 6.61 Å². The summed E-state index contributed by atoms with van der Waals surface area (Å²) in [4.78, 5) is 0. The molecule has 1 aromatic rings. The molecule has 106 valence electrons. The molecule has 1 heterocycles. The Hall–Kier alpha value is -0.420. The third-order valence-electron chi connectivity index (χ3n) is 3.42. The number of hydrogen-bond acceptors (Lipinski definition) is 3. The maximum absolute atomic E-state index is 6.07. The highest BCUT2D eigenvalue weighted by atomic mass is 79.9. The van der Waals surface area contributed by atoms with E-state index in [9.17, 15) is 0 Å². The minimum Gasteiger partial charge on any atom is -0.376 e. The second-order valence-corrected chi connectivity index (χ2v) is 5.98. The van der Waals surface area contributed by atoms with Gasteiger partial charge in [0.05, 0.1) is 18.8 Å². The van der Waals surface area contributed by atoms with E-state index in [4.69, 9.17) is 15.2 Å². The summed E-state index contributed by atoms with van der Waals surface area (Å²) in [6.07, 6.45) is 3.60. The highest BCUT2D eigenvalue weighted by molar-refractivity contribution is 9.10. The minimum absolute atomic E-state index is 0.0534. The molecule has 3 nitrogen and oxygen atoms in total. The monoisotopic (exact) mass is 327 g/mol. The van der Waals surface area contributed by atoms with Gasteiger partial charge in [-0.25, -0.2) is 0 Å². The number of benzene rings is 1. The minimum atomic E-state index is -0.0962. The molecule has 3 atom stereocenters. The first-order chi connectivity index (χ1) is 9.18. The molecular formula is C15H22BrNO2. The van der Waals surface area contributed by atoms with Crippen molar-refractivity contribution in [2.45, 2.75) is 44.4 Å². The van der Waals surface area contributed by atoms with Crippen LogP contribution < -0.4 is 5.73 Å². The third-order valence-corrected chi connectivity index (χ3v) is 4.15. The first-order valence-corrected chi connectivity index (χ1v) is 7.71. The quantitative estimate of drug-likeness (QED) is 0.901. The van der Waals surface area contributed by atoms with Crippen LogP contribution in [0.5, 0.6) is 0 Å². The number of nitrogens with two attached hydrogens (primary N) is 1. The lowest BCUT2D eigenvalue weighted by Crippen LogP contribution is -2.31. The van der Waals surface area contributed by atoms with Crippen LogP contribution in [0.25, 0.3) is 0 Å². The van der Waals surface area contributed by atoms with Crippen LogP contribution in [0.1, 0.15) is 37.9 Å². The Bertz CT molecular complexity index is 391. The van der Waals surface area contributed by atoms with E-state index >= 15 is 0 Å². The maximum atomic E-state index is 6.07. The molecule has 2 rings (SSSR count). The van der Waals surface area contributed by atoms with E-state index in [2.05, 4.69) is 22.0 Å². The van der Waals surface area contributed by atoms with E-state index in [1.54, 1.807) is 0 Å². The van der Waals surface area contributed by atoms with Gasteiger partial charge in [0.1, 0.15) is 0 Å². The van der Waals surface area contributed by atoms with Crippen LogP contribution in [0.2, 0.25) is 0 Å². The van der Waals surface area contributed by atoms with Crippen molar-refractivity contribution in [2.75, 3.05) is 13.2 Å². The molecule has 0 aromatic heterocycles. The number of halogens is 1. The van der Waals surface area contributed by atoms with Crippen molar-refractivity contribution in [1.82, 2.24) is 0 Å². The average molecular weight is 328 g/mol. The third kappa shape index (κ3) is 4.28. The largest absolute Gasteiger partial charge is 0.376 e. The van der Waals surface area contributed by atoms with Crippen LogP contribution in [0.3, 0.4) is 0 Å². The fourth-order valence-corrected chi connectivity index (χ4v) is 2.89. The Morgan fingerprint density at radius 2 is 2.21 bits per heavy atom. The second-order valence-electron chi connectivity index (χ2n) is 5.12. The van der Waals surface area contributed by atoms with Gasteiger partial charge in [-0.05, 0) is 37.8 Å². The van der Waals surface area contributed by atoms with Gasteiger partial charge < -0.3 is 15.2 Å². The summed E-state index contributed by atoms with van der Waals surface area (Å²) in [7, 11) is 0. The standard InChI is InChI=1S/C15H22BrNO2/c1-11(17)15(13-7-2-3-8-14(13)16)19-10-12-6-4-5-9-18-12/h2-3,7-8,11-12,15H,4-6,9-10,17H2,1H3. The SMILES string of the molecule is CC(N)C(OCC1CCCCO1)c1ccccc1Br. The van der Waals surface area contributed by atoms with Gasteiger partial charge in [0, 0.05) is 17.1 Å². The van der Waals surface area contributed by atoms with Gasteiger partial charge in [-0.3, -0.25) is 0 Å². The highest BCUT2D eigenvalue weighted by Gasteiger charge is 2.22. The number of hydrogen-bond donors (Lipinski definition) is 1. The van der Waals surface area contributed by atoms with Crippen molar-refractivity contribution in [2.24, 2.45) is 5.73 Å². The molecule has 1 saturated heterocycles. The summed E-state index contributed by atoms with van der Waals surface area (Å²) in [6.45, 7) is 3.45. The molecule has 0 aliphatic carbocycles. The highest BCUT2D eigenvalue weighted by Crippen LogP contribution is 2.28. The summed E-state index contributed by atoms with van der Waals surface area (Å²) in [5.74, 6) is 0. The molecular weight excluding hydrogens is 306 g/mol. The zero-order valence-electron chi connectivity index (χ0n) is 11.3. The smallest absolute Gasteiger partial charge is 0.0985 e. The molecule has 1 aromatic carbocycles. The van der Waals surface area contributed by atoms with E-state index < -0.39 is 0 Å². The Morgan fingerprint density at radius 3 is 2.84 bits per heavy atom. The van der Waals surface area contributed by atoms with Crippen LogP contribution in [-0.2, 0) is 9.47 Å². The van der Waals surface area contributed by atoms with Crippen LogP contribution in [0.4, 0.5) is 0 Å². The van der Waals surface area contributed by atoms with Crippen molar-refractivity contribution < 1.29 is 9.47 Å². The van der Waals surface area contributed by atoms with Crippen molar-refractivity contribution in [3.63, 3.8) is 0 Å². The lowest BCUT2D eigenvalue weighted by atomic mass is 10.0. The molecule has 2 N–H and O–H groups in total. The topological polar surface area (TPSA) is 44.5 Å². The van der Waals surface area contributed by atoms with Crippen LogP contribution >= 0.6 is 15.9 Å². The van der Waals surface area contributed by atoms with E-state index in [1.165, 1.54) is 6.42 Å². The molecule has 0 bridgehead atoms. The summed E-state index contributed by atoms with van der Waals surface area (Å²) < 4.78 is 12.8. The average Bonchev–Trinajstić information content (AvgIpc) is 2.42. The normalized spacial score (nSPS) is 23.0. The molecule has 1 aliphatic heterocycles. The predicted molar refractivity (Wildman–Crippen MR) is 80.1 cm³/mol. The van der Waals surface area contributed by atoms with Gasteiger partial charge in [0.2, 0.25) is 0 Å². The van der Waals surface area contributed by atoms with E-state index in [1.807, 2.05) is 25.1 Å². The summed E-state index contributed by atoms with van der Waals surface area (Å²) in [5, 5.41) is 0. The molecule has 19 heavy (non-hydrogen) atoms. The maximum Gasteiger partial charge on any atom is 0.0985 e. The summed E-state index contributed by atoms with van der Waals surface area (Å²) >= 11 is 3.56. The zero-order valence-corrected chi connectivity index (χ0v) is 12.9. The molecule has 0 amide bonds. The van der Waals surface area contributed by atoms with E-state index in [-0.39, 0.29) is 18.2 Å². The first-order valence-electron chi connectivity index (χ1n) is 6.91.